The van der Waals surface area contributed by atoms with Gasteiger partial charge in [-0.3, -0.25) is 4.79 Å². The summed E-state index contributed by atoms with van der Waals surface area (Å²) in [6, 6.07) is 0. The predicted molar refractivity (Wildman–Crippen MR) is 103 cm³/mol. The molecule has 27 heavy (non-hydrogen) atoms. The first-order valence-corrected chi connectivity index (χ1v) is 10.4. The highest BCUT2D eigenvalue weighted by atomic mass is 16.6. The minimum Gasteiger partial charge on any atom is -0.459 e. The van der Waals surface area contributed by atoms with Crippen molar-refractivity contribution >= 4 is 5.97 Å². The molecule has 0 spiro atoms. The van der Waals surface area contributed by atoms with E-state index in [-0.39, 0.29) is 30.0 Å². The van der Waals surface area contributed by atoms with E-state index < -0.39 is 17.3 Å². The summed E-state index contributed by atoms with van der Waals surface area (Å²) in [5.74, 6) is 0.666. The van der Waals surface area contributed by atoms with E-state index in [0.29, 0.717) is 24.7 Å². The molecule has 0 aromatic heterocycles. The van der Waals surface area contributed by atoms with E-state index in [1.807, 2.05) is 26.8 Å². The van der Waals surface area contributed by atoms with Crippen molar-refractivity contribution in [2.24, 2.45) is 23.7 Å². The first-order valence-electron chi connectivity index (χ1n) is 10.4. The molecular weight excluding hydrogens is 344 g/mol. The minimum atomic E-state index is -1.03. The molecule has 0 radical (unpaired) electrons. The van der Waals surface area contributed by atoms with Gasteiger partial charge in [0.05, 0.1) is 23.9 Å². The van der Waals surface area contributed by atoms with Crippen molar-refractivity contribution in [3.63, 3.8) is 0 Å². The van der Waals surface area contributed by atoms with Crippen LogP contribution in [0.2, 0.25) is 0 Å². The van der Waals surface area contributed by atoms with Crippen LogP contribution in [-0.4, -0.2) is 45.7 Å². The zero-order valence-electron chi connectivity index (χ0n) is 17.6. The topological polar surface area (TPSA) is 76.0 Å². The molecule has 0 amide bonds. The fourth-order valence-electron chi connectivity index (χ4n) is 5.91. The van der Waals surface area contributed by atoms with Gasteiger partial charge in [0.1, 0.15) is 5.60 Å². The van der Waals surface area contributed by atoms with Gasteiger partial charge in [0.25, 0.3) is 0 Å². The van der Waals surface area contributed by atoms with Gasteiger partial charge >= 0.3 is 5.97 Å². The van der Waals surface area contributed by atoms with E-state index in [0.717, 1.165) is 18.4 Å². The average molecular weight is 381 g/mol. The van der Waals surface area contributed by atoms with Crippen LogP contribution in [0.3, 0.4) is 0 Å². The van der Waals surface area contributed by atoms with Crippen LogP contribution < -0.4 is 0 Å². The molecule has 2 fully saturated rings. The Morgan fingerprint density at radius 1 is 1.30 bits per heavy atom. The quantitative estimate of drug-likeness (QED) is 0.568. The van der Waals surface area contributed by atoms with E-state index in [9.17, 15) is 15.0 Å². The molecule has 5 heteroatoms. The third kappa shape index (κ3) is 3.70. The van der Waals surface area contributed by atoms with E-state index in [1.165, 1.54) is 6.92 Å². The lowest BCUT2D eigenvalue weighted by molar-refractivity contribution is -0.173. The van der Waals surface area contributed by atoms with Crippen molar-refractivity contribution in [1.29, 1.82) is 0 Å². The predicted octanol–water partition coefficient (Wildman–Crippen LogP) is 3.23. The zero-order valence-corrected chi connectivity index (χ0v) is 17.6. The molecule has 154 valence electrons. The van der Waals surface area contributed by atoms with Crippen molar-refractivity contribution in [3.8, 4) is 0 Å². The molecule has 2 N–H and O–H groups in total. The van der Waals surface area contributed by atoms with E-state index in [1.54, 1.807) is 0 Å². The average Bonchev–Trinajstić information content (AvgIpc) is 2.93. The van der Waals surface area contributed by atoms with Crippen LogP contribution in [0.5, 0.6) is 0 Å². The van der Waals surface area contributed by atoms with Crippen LogP contribution >= 0.6 is 0 Å². The summed E-state index contributed by atoms with van der Waals surface area (Å²) in [7, 11) is 0. The van der Waals surface area contributed by atoms with E-state index >= 15 is 0 Å². The summed E-state index contributed by atoms with van der Waals surface area (Å²) in [6.45, 7) is 11.7. The number of rotatable bonds is 2. The number of fused-ring (bicyclic) bond motifs is 5. The maximum atomic E-state index is 11.9. The van der Waals surface area contributed by atoms with Gasteiger partial charge in [-0.05, 0) is 63.9 Å². The van der Waals surface area contributed by atoms with Crippen molar-refractivity contribution in [1.82, 2.24) is 0 Å². The van der Waals surface area contributed by atoms with Gasteiger partial charge in [-0.25, -0.2) is 0 Å². The summed E-state index contributed by atoms with van der Waals surface area (Å²) < 4.78 is 12.4. The fourth-order valence-corrected chi connectivity index (χ4v) is 5.91. The molecule has 2 heterocycles. The van der Waals surface area contributed by atoms with Gasteiger partial charge in [-0.15, -0.1) is 0 Å². The fraction of sp³-hybridized carbons (Fsp3) is 0.864. The maximum absolute atomic E-state index is 11.9. The number of carbonyl (C=O) groups is 1. The maximum Gasteiger partial charge on any atom is 0.303 e. The van der Waals surface area contributed by atoms with Gasteiger partial charge in [0.15, 0.2) is 0 Å². The molecular formula is C22H36O5. The summed E-state index contributed by atoms with van der Waals surface area (Å²) in [5.41, 5.74) is -0.786. The minimum absolute atomic E-state index is 0.0284. The van der Waals surface area contributed by atoms with Gasteiger partial charge in [-0.2, -0.15) is 0 Å². The van der Waals surface area contributed by atoms with Crippen LogP contribution in [0.4, 0.5) is 0 Å². The molecule has 5 nitrogen and oxygen atoms in total. The highest BCUT2D eigenvalue weighted by molar-refractivity contribution is 5.66. The zero-order chi connectivity index (χ0) is 20.1. The highest BCUT2D eigenvalue weighted by Crippen LogP contribution is 2.56. The molecule has 3 rings (SSSR count). The Labute approximate surface area is 163 Å². The molecule has 1 aliphatic carbocycles. The lowest BCUT2D eigenvalue weighted by Gasteiger charge is -2.50. The largest absolute Gasteiger partial charge is 0.459 e. The van der Waals surface area contributed by atoms with Crippen LogP contribution in [0.25, 0.3) is 0 Å². The Balaban J connectivity index is 2.12. The molecule has 2 aliphatic heterocycles. The third-order valence-electron chi connectivity index (χ3n) is 7.32. The summed E-state index contributed by atoms with van der Waals surface area (Å²) in [4.78, 5) is 11.9. The highest BCUT2D eigenvalue weighted by Gasteiger charge is 2.62. The van der Waals surface area contributed by atoms with Crippen molar-refractivity contribution in [2.45, 2.75) is 96.7 Å². The number of aliphatic hydroxyl groups excluding tert-OH is 1. The summed E-state index contributed by atoms with van der Waals surface area (Å²) in [6.07, 6.45) is 3.57. The smallest absolute Gasteiger partial charge is 0.303 e. The standard InChI is InChI=1S/C22H36O5/c1-12(2)15-7-10-22(6,27-14(4)23)19-17-11-13(3)16(24)8-9-21(5,25)20(26-17)18(15)19/h11-12,15-20,24-25H,7-10H2,1-6H3/b13-11-/t15-,16+,17-,18-,19-,20-,21-,22-/m1/s1. The molecule has 1 saturated carbocycles. The van der Waals surface area contributed by atoms with Crippen molar-refractivity contribution in [3.05, 3.63) is 11.6 Å². The second-order valence-corrected chi connectivity index (χ2v) is 9.80. The second-order valence-electron chi connectivity index (χ2n) is 9.80. The monoisotopic (exact) mass is 380 g/mol. The van der Waals surface area contributed by atoms with E-state index in [2.05, 4.69) is 13.8 Å². The Morgan fingerprint density at radius 3 is 2.56 bits per heavy atom. The normalized spacial score (nSPS) is 49.4. The molecule has 0 aromatic rings. The van der Waals surface area contributed by atoms with Crippen molar-refractivity contribution in [2.75, 3.05) is 0 Å². The lowest BCUT2D eigenvalue weighted by Crippen LogP contribution is -2.55. The molecule has 0 aromatic carbocycles. The number of ether oxygens (including phenoxy) is 2. The first kappa shape index (κ1) is 20.8. The number of aliphatic hydroxyl groups is 2. The first-order chi connectivity index (χ1) is 12.5. The van der Waals surface area contributed by atoms with E-state index in [4.69, 9.17) is 9.47 Å². The van der Waals surface area contributed by atoms with Gasteiger partial charge in [0.2, 0.25) is 0 Å². The Kier molecular flexibility index (Phi) is 5.52. The third-order valence-corrected chi connectivity index (χ3v) is 7.32. The number of carbonyl (C=O) groups excluding carboxylic acids is 1. The lowest BCUT2D eigenvalue weighted by atomic mass is 9.58. The SMILES string of the molecule is CC(=O)O[C@]1(C)CC[C@H](C(C)C)[C@@H]2[C@H]1[C@H]1/C=C(/C)[C@@H](O)CC[C@@](C)(O)[C@@H]2O1. The van der Waals surface area contributed by atoms with Crippen LogP contribution in [-0.2, 0) is 14.3 Å². The summed E-state index contributed by atoms with van der Waals surface area (Å²) in [5, 5.41) is 21.8. The van der Waals surface area contributed by atoms with Crippen LogP contribution in [0, 0.1) is 23.7 Å². The summed E-state index contributed by atoms with van der Waals surface area (Å²) >= 11 is 0. The number of esters is 1. The molecule has 3 aliphatic rings. The van der Waals surface area contributed by atoms with Crippen LogP contribution in [0.15, 0.2) is 11.6 Å². The number of hydrogen-bond donors (Lipinski definition) is 2. The number of hydrogen-bond acceptors (Lipinski definition) is 5. The van der Waals surface area contributed by atoms with Crippen molar-refractivity contribution < 1.29 is 24.5 Å². The Bertz CT molecular complexity index is 610. The van der Waals surface area contributed by atoms with Gasteiger partial charge < -0.3 is 19.7 Å². The Hall–Kier alpha value is -0.910. The molecule has 1 saturated heterocycles. The molecule has 0 unspecified atom stereocenters. The van der Waals surface area contributed by atoms with Gasteiger partial charge in [0, 0.05) is 18.8 Å². The van der Waals surface area contributed by atoms with Crippen LogP contribution in [0.1, 0.15) is 67.2 Å². The molecule has 2 bridgehead atoms. The Morgan fingerprint density at radius 2 is 1.96 bits per heavy atom. The second kappa shape index (κ2) is 7.16. The molecule has 8 atom stereocenters. The van der Waals surface area contributed by atoms with Gasteiger partial charge in [-0.1, -0.05) is 19.9 Å².